The first-order valence-corrected chi connectivity index (χ1v) is 4.53. The SMILES string of the molecule is Cc1cc(Br)c(CC=O)s1. The smallest absolute Gasteiger partial charge is 0.125 e. The number of thiophene rings is 1. The molecule has 0 saturated carbocycles. The predicted molar refractivity (Wildman–Crippen MR) is 46.5 cm³/mol. The van der Waals surface area contributed by atoms with Gasteiger partial charge in [-0.15, -0.1) is 11.3 Å². The minimum absolute atomic E-state index is 0.527. The maximum Gasteiger partial charge on any atom is 0.125 e. The molecule has 0 aliphatic rings. The first-order valence-electron chi connectivity index (χ1n) is 2.92. The van der Waals surface area contributed by atoms with Crippen LogP contribution in [0.3, 0.4) is 0 Å². The van der Waals surface area contributed by atoms with E-state index in [1.165, 1.54) is 4.88 Å². The van der Waals surface area contributed by atoms with Crippen molar-refractivity contribution in [3.8, 4) is 0 Å². The minimum Gasteiger partial charge on any atom is -0.303 e. The van der Waals surface area contributed by atoms with Crippen molar-refractivity contribution in [3.63, 3.8) is 0 Å². The van der Waals surface area contributed by atoms with Gasteiger partial charge in [0.1, 0.15) is 6.29 Å². The van der Waals surface area contributed by atoms with E-state index in [2.05, 4.69) is 15.9 Å². The molecule has 0 aromatic carbocycles. The highest BCUT2D eigenvalue weighted by atomic mass is 79.9. The average molecular weight is 219 g/mol. The van der Waals surface area contributed by atoms with Gasteiger partial charge in [-0.3, -0.25) is 0 Å². The fourth-order valence-corrected chi connectivity index (χ4v) is 2.52. The summed E-state index contributed by atoms with van der Waals surface area (Å²) in [7, 11) is 0. The van der Waals surface area contributed by atoms with E-state index in [0.717, 1.165) is 15.6 Å². The fraction of sp³-hybridized carbons (Fsp3) is 0.286. The Balaban J connectivity index is 2.91. The molecule has 0 bridgehead atoms. The number of hydrogen-bond donors (Lipinski definition) is 0. The summed E-state index contributed by atoms with van der Waals surface area (Å²) in [5, 5.41) is 0. The Morgan fingerprint density at radius 2 is 2.50 bits per heavy atom. The predicted octanol–water partition coefficient (Wildman–Crippen LogP) is 2.56. The van der Waals surface area contributed by atoms with Crippen molar-refractivity contribution >= 4 is 33.6 Å². The van der Waals surface area contributed by atoms with Gasteiger partial charge in [0.2, 0.25) is 0 Å². The Kier molecular flexibility index (Phi) is 2.63. The zero-order chi connectivity index (χ0) is 7.56. The molecule has 54 valence electrons. The van der Waals surface area contributed by atoms with Crippen LogP contribution in [0.2, 0.25) is 0 Å². The van der Waals surface area contributed by atoms with E-state index >= 15 is 0 Å². The van der Waals surface area contributed by atoms with E-state index in [1.54, 1.807) is 11.3 Å². The summed E-state index contributed by atoms with van der Waals surface area (Å²) < 4.78 is 1.06. The molecule has 0 unspecified atom stereocenters. The van der Waals surface area contributed by atoms with Gasteiger partial charge >= 0.3 is 0 Å². The number of rotatable bonds is 2. The Labute approximate surface area is 72.2 Å². The molecule has 1 rings (SSSR count). The molecule has 1 aromatic heterocycles. The van der Waals surface area contributed by atoms with E-state index in [1.807, 2.05) is 13.0 Å². The highest BCUT2D eigenvalue weighted by molar-refractivity contribution is 9.10. The molecular formula is C7H7BrOS. The summed E-state index contributed by atoms with van der Waals surface area (Å²) in [6, 6.07) is 2.03. The molecule has 0 spiro atoms. The van der Waals surface area contributed by atoms with Gasteiger partial charge in [-0.2, -0.15) is 0 Å². The molecule has 10 heavy (non-hydrogen) atoms. The lowest BCUT2D eigenvalue weighted by molar-refractivity contribution is -0.107. The topological polar surface area (TPSA) is 17.1 Å². The second-order valence-corrected chi connectivity index (χ2v) is 4.19. The number of halogens is 1. The van der Waals surface area contributed by atoms with Crippen molar-refractivity contribution in [3.05, 3.63) is 20.3 Å². The summed E-state index contributed by atoms with van der Waals surface area (Å²) in [5.41, 5.74) is 0. The molecule has 0 radical (unpaired) electrons. The van der Waals surface area contributed by atoms with Crippen molar-refractivity contribution in [2.75, 3.05) is 0 Å². The van der Waals surface area contributed by atoms with Crippen molar-refractivity contribution in [1.82, 2.24) is 0 Å². The van der Waals surface area contributed by atoms with E-state index in [4.69, 9.17) is 0 Å². The molecule has 0 amide bonds. The van der Waals surface area contributed by atoms with Crippen LogP contribution >= 0.6 is 27.3 Å². The van der Waals surface area contributed by atoms with Gasteiger partial charge < -0.3 is 4.79 Å². The molecule has 3 heteroatoms. The van der Waals surface area contributed by atoms with Crippen LogP contribution in [0.5, 0.6) is 0 Å². The van der Waals surface area contributed by atoms with Crippen molar-refractivity contribution < 1.29 is 4.79 Å². The Hall–Kier alpha value is -0.150. The molecule has 0 N–H and O–H groups in total. The molecule has 1 nitrogen and oxygen atoms in total. The fourth-order valence-electron chi connectivity index (χ4n) is 0.746. The summed E-state index contributed by atoms with van der Waals surface area (Å²) in [5.74, 6) is 0. The average Bonchev–Trinajstić information content (AvgIpc) is 2.13. The second kappa shape index (κ2) is 3.30. The Morgan fingerprint density at radius 1 is 1.80 bits per heavy atom. The summed E-state index contributed by atoms with van der Waals surface area (Å²) in [4.78, 5) is 12.5. The van der Waals surface area contributed by atoms with Gasteiger partial charge in [-0.1, -0.05) is 0 Å². The number of carbonyl (C=O) groups is 1. The van der Waals surface area contributed by atoms with Gasteiger partial charge in [0.15, 0.2) is 0 Å². The van der Waals surface area contributed by atoms with Crippen LogP contribution in [-0.2, 0) is 11.2 Å². The van der Waals surface area contributed by atoms with Crippen LogP contribution in [-0.4, -0.2) is 6.29 Å². The number of aldehydes is 1. The van der Waals surface area contributed by atoms with Crippen LogP contribution in [0.15, 0.2) is 10.5 Å². The molecule has 0 atom stereocenters. The van der Waals surface area contributed by atoms with Crippen molar-refractivity contribution in [1.29, 1.82) is 0 Å². The normalized spacial score (nSPS) is 9.80. The van der Waals surface area contributed by atoms with Gasteiger partial charge in [0.05, 0.1) is 0 Å². The van der Waals surface area contributed by atoms with Crippen molar-refractivity contribution in [2.24, 2.45) is 0 Å². The molecule has 1 heterocycles. The maximum atomic E-state index is 10.1. The molecule has 0 aliphatic heterocycles. The zero-order valence-electron chi connectivity index (χ0n) is 5.56. The number of aryl methyl sites for hydroxylation is 1. The maximum absolute atomic E-state index is 10.1. The van der Waals surface area contributed by atoms with Crippen LogP contribution in [0.25, 0.3) is 0 Å². The quantitative estimate of drug-likeness (QED) is 0.698. The number of hydrogen-bond acceptors (Lipinski definition) is 2. The standard InChI is InChI=1S/C7H7BrOS/c1-5-4-6(8)7(10-5)2-3-9/h3-4H,2H2,1H3. The monoisotopic (exact) mass is 218 g/mol. The van der Waals surface area contributed by atoms with Gasteiger partial charge in [-0.25, -0.2) is 0 Å². The lowest BCUT2D eigenvalue weighted by Gasteiger charge is -1.85. The van der Waals surface area contributed by atoms with Gasteiger partial charge in [0.25, 0.3) is 0 Å². The van der Waals surface area contributed by atoms with E-state index in [9.17, 15) is 4.79 Å². The van der Waals surface area contributed by atoms with Crippen LogP contribution < -0.4 is 0 Å². The molecule has 1 aromatic rings. The lowest BCUT2D eigenvalue weighted by Crippen LogP contribution is -1.78. The largest absolute Gasteiger partial charge is 0.303 e. The summed E-state index contributed by atoms with van der Waals surface area (Å²) in [6.07, 6.45) is 1.45. The van der Waals surface area contributed by atoms with Crippen LogP contribution in [0.1, 0.15) is 9.75 Å². The molecule has 0 fully saturated rings. The summed E-state index contributed by atoms with van der Waals surface area (Å²) >= 11 is 5.03. The highest BCUT2D eigenvalue weighted by Gasteiger charge is 2.01. The third-order valence-electron chi connectivity index (χ3n) is 1.15. The summed E-state index contributed by atoms with van der Waals surface area (Å²) in [6.45, 7) is 2.03. The first kappa shape index (κ1) is 7.95. The Morgan fingerprint density at radius 3 is 2.90 bits per heavy atom. The van der Waals surface area contributed by atoms with Crippen molar-refractivity contribution in [2.45, 2.75) is 13.3 Å². The number of carbonyl (C=O) groups excluding carboxylic acids is 1. The lowest BCUT2D eigenvalue weighted by atomic mass is 10.4. The van der Waals surface area contributed by atoms with E-state index in [0.29, 0.717) is 6.42 Å². The Bertz CT molecular complexity index is 242. The minimum atomic E-state index is 0.527. The molecule has 0 saturated heterocycles. The van der Waals surface area contributed by atoms with Crippen LogP contribution in [0.4, 0.5) is 0 Å². The van der Waals surface area contributed by atoms with E-state index in [-0.39, 0.29) is 0 Å². The third-order valence-corrected chi connectivity index (χ3v) is 3.19. The van der Waals surface area contributed by atoms with E-state index < -0.39 is 0 Å². The second-order valence-electron chi connectivity index (χ2n) is 2.00. The molecular weight excluding hydrogens is 212 g/mol. The molecule has 0 aliphatic carbocycles. The van der Waals surface area contributed by atoms with Gasteiger partial charge in [-0.05, 0) is 28.9 Å². The highest BCUT2D eigenvalue weighted by Crippen LogP contribution is 2.26. The zero-order valence-corrected chi connectivity index (χ0v) is 7.96. The first-order chi connectivity index (χ1) is 4.74. The third kappa shape index (κ3) is 1.67. The van der Waals surface area contributed by atoms with Gasteiger partial charge in [0, 0.05) is 20.6 Å². The van der Waals surface area contributed by atoms with Crippen LogP contribution in [0, 0.1) is 6.92 Å².